The highest BCUT2D eigenvalue weighted by Crippen LogP contribution is 2.43. The maximum Gasteiger partial charge on any atom is 0.407 e. The van der Waals surface area contributed by atoms with E-state index in [0.29, 0.717) is 4.88 Å². The number of carbonyl (C=O) groups excluding carboxylic acids is 1. The molecular formula is C13H17NO4S. The minimum atomic E-state index is -0.909. The fraction of sp³-hybridized carbons (Fsp3) is 0.538. The van der Waals surface area contributed by atoms with E-state index in [-0.39, 0.29) is 12.0 Å². The minimum Gasteiger partial charge on any atom is -0.477 e. The largest absolute Gasteiger partial charge is 0.477 e. The molecule has 0 aromatic carbocycles. The summed E-state index contributed by atoms with van der Waals surface area (Å²) in [5, 5.41) is 11.7. The Balaban J connectivity index is 1.87. The maximum atomic E-state index is 11.6. The quantitative estimate of drug-likeness (QED) is 0.894. The van der Waals surface area contributed by atoms with Crippen molar-refractivity contribution in [2.24, 2.45) is 0 Å². The molecule has 1 fully saturated rings. The standard InChI is InChI=1S/C13H17NO4S/c1-13(2,3)18-12(17)14-8-6-7(8)9-4-5-10(19-9)11(15)16/h4-5,7-8H,6H2,1-3H3,(H,14,17)(H,15,16)/t7-,8-/m0/s1. The molecule has 19 heavy (non-hydrogen) atoms. The SMILES string of the molecule is CC(C)(C)OC(=O)N[C@H]1C[C@@H]1c1ccc(C(=O)O)s1. The zero-order valence-corrected chi connectivity index (χ0v) is 11.9. The topological polar surface area (TPSA) is 75.6 Å². The molecule has 104 valence electrons. The van der Waals surface area contributed by atoms with Gasteiger partial charge in [-0.3, -0.25) is 0 Å². The number of amides is 1. The molecule has 1 aromatic heterocycles. The number of carboxylic acid groups (broad SMARTS) is 1. The number of hydrogen-bond acceptors (Lipinski definition) is 4. The Morgan fingerprint density at radius 2 is 2.11 bits per heavy atom. The van der Waals surface area contributed by atoms with Crippen LogP contribution < -0.4 is 5.32 Å². The minimum absolute atomic E-state index is 0.0511. The highest BCUT2D eigenvalue weighted by atomic mass is 32.1. The number of carbonyl (C=O) groups is 2. The van der Waals surface area contributed by atoms with Gasteiger partial charge in [0.05, 0.1) is 0 Å². The molecule has 1 aliphatic rings. The third-order valence-corrected chi connectivity index (χ3v) is 3.90. The molecule has 0 unspecified atom stereocenters. The highest BCUT2D eigenvalue weighted by Gasteiger charge is 2.41. The van der Waals surface area contributed by atoms with Crippen LogP contribution in [0.2, 0.25) is 0 Å². The molecule has 0 spiro atoms. The van der Waals surface area contributed by atoms with Crippen LogP contribution in [-0.2, 0) is 4.74 Å². The van der Waals surface area contributed by atoms with Gasteiger partial charge in [-0.2, -0.15) is 0 Å². The van der Waals surface area contributed by atoms with Crippen LogP contribution in [0.5, 0.6) is 0 Å². The maximum absolute atomic E-state index is 11.6. The third-order valence-electron chi connectivity index (χ3n) is 2.70. The van der Waals surface area contributed by atoms with Gasteiger partial charge in [0.25, 0.3) is 0 Å². The summed E-state index contributed by atoms with van der Waals surface area (Å²) in [6, 6.07) is 3.47. The number of thiophene rings is 1. The van der Waals surface area contributed by atoms with Gasteiger partial charge in [-0.15, -0.1) is 11.3 Å². The molecule has 6 heteroatoms. The molecule has 1 aliphatic carbocycles. The van der Waals surface area contributed by atoms with Crippen LogP contribution in [0, 0.1) is 0 Å². The monoisotopic (exact) mass is 283 g/mol. The van der Waals surface area contributed by atoms with Crippen molar-refractivity contribution in [2.45, 2.75) is 44.8 Å². The smallest absolute Gasteiger partial charge is 0.407 e. The second kappa shape index (κ2) is 4.85. The molecule has 1 amide bonds. The summed E-state index contributed by atoms with van der Waals surface area (Å²) in [7, 11) is 0. The number of nitrogens with one attached hydrogen (secondary N) is 1. The molecule has 0 radical (unpaired) electrons. The molecule has 2 atom stereocenters. The average Bonchev–Trinajstić information content (AvgIpc) is 2.82. The van der Waals surface area contributed by atoms with Crippen LogP contribution in [0.4, 0.5) is 4.79 Å². The van der Waals surface area contributed by atoms with Crippen molar-refractivity contribution in [3.05, 3.63) is 21.9 Å². The van der Waals surface area contributed by atoms with E-state index in [9.17, 15) is 9.59 Å². The summed E-state index contributed by atoms with van der Waals surface area (Å²) in [6.45, 7) is 5.44. The second-order valence-electron chi connectivity index (χ2n) is 5.60. The van der Waals surface area contributed by atoms with E-state index < -0.39 is 17.7 Å². The Labute approximate surface area is 115 Å². The summed E-state index contributed by atoms with van der Waals surface area (Å²) >= 11 is 1.26. The first-order chi connectivity index (χ1) is 8.76. The van der Waals surface area contributed by atoms with E-state index in [4.69, 9.17) is 9.84 Å². The Morgan fingerprint density at radius 1 is 1.42 bits per heavy atom. The van der Waals surface area contributed by atoms with E-state index in [0.717, 1.165) is 11.3 Å². The van der Waals surface area contributed by atoms with Gasteiger partial charge in [0, 0.05) is 16.8 Å². The zero-order chi connectivity index (χ0) is 14.2. The fourth-order valence-corrected chi connectivity index (χ4v) is 2.82. The van der Waals surface area contributed by atoms with Crippen molar-refractivity contribution >= 4 is 23.4 Å². The number of rotatable bonds is 3. The molecule has 0 saturated heterocycles. The van der Waals surface area contributed by atoms with Gasteiger partial charge in [-0.1, -0.05) is 0 Å². The van der Waals surface area contributed by atoms with Crippen LogP contribution in [0.15, 0.2) is 12.1 Å². The van der Waals surface area contributed by atoms with E-state index in [1.54, 1.807) is 6.07 Å². The first-order valence-electron chi connectivity index (χ1n) is 6.09. The lowest BCUT2D eigenvalue weighted by Crippen LogP contribution is -2.34. The summed E-state index contributed by atoms with van der Waals surface area (Å²) < 4.78 is 5.18. The number of hydrogen-bond donors (Lipinski definition) is 2. The number of carboxylic acids is 1. The lowest BCUT2D eigenvalue weighted by molar-refractivity contribution is 0.0522. The summed E-state index contributed by atoms with van der Waals surface area (Å²) in [6.07, 6.45) is 0.411. The van der Waals surface area contributed by atoms with Gasteiger partial charge in [0.2, 0.25) is 0 Å². The van der Waals surface area contributed by atoms with Crippen LogP contribution >= 0.6 is 11.3 Å². The van der Waals surface area contributed by atoms with Crippen molar-refractivity contribution in [1.29, 1.82) is 0 Å². The van der Waals surface area contributed by atoms with E-state index in [1.165, 1.54) is 11.3 Å². The van der Waals surface area contributed by atoms with E-state index in [2.05, 4.69) is 5.32 Å². The number of aromatic carboxylic acids is 1. The highest BCUT2D eigenvalue weighted by molar-refractivity contribution is 7.14. The Morgan fingerprint density at radius 3 is 2.63 bits per heavy atom. The van der Waals surface area contributed by atoms with Crippen LogP contribution in [0.3, 0.4) is 0 Å². The van der Waals surface area contributed by atoms with Gasteiger partial charge in [0.1, 0.15) is 10.5 Å². The predicted octanol–water partition coefficient (Wildman–Crippen LogP) is 2.83. The van der Waals surface area contributed by atoms with Crippen molar-refractivity contribution in [1.82, 2.24) is 5.32 Å². The Kier molecular flexibility index (Phi) is 3.54. The van der Waals surface area contributed by atoms with Gasteiger partial charge in [-0.25, -0.2) is 9.59 Å². The first kappa shape index (κ1) is 13.9. The second-order valence-corrected chi connectivity index (χ2v) is 6.72. The Hall–Kier alpha value is -1.56. The van der Waals surface area contributed by atoms with Gasteiger partial charge in [-0.05, 0) is 39.3 Å². The molecule has 0 aliphatic heterocycles. The van der Waals surface area contributed by atoms with Gasteiger partial charge in [0.15, 0.2) is 0 Å². The third kappa shape index (κ3) is 3.70. The molecule has 1 aromatic rings. The van der Waals surface area contributed by atoms with Crippen molar-refractivity contribution in [3.8, 4) is 0 Å². The lowest BCUT2D eigenvalue weighted by atomic mass is 10.2. The average molecular weight is 283 g/mol. The summed E-state index contributed by atoms with van der Waals surface area (Å²) in [4.78, 5) is 23.7. The molecular weight excluding hydrogens is 266 g/mol. The Bertz CT molecular complexity index is 503. The van der Waals surface area contributed by atoms with E-state index in [1.807, 2.05) is 26.8 Å². The molecule has 2 N–H and O–H groups in total. The number of ether oxygens (including phenoxy) is 1. The van der Waals surface area contributed by atoms with Crippen molar-refractivity contribution < 1.29 is 19.4 Å². The molecule has 5 nitrogen and oxygen atoms in total. The van der Waals surface area contributed by atoms with Gasteiger partial charge >= 0.3 is 12.1 Å². The molecule has 1 saturated carbocycles. The van der Waals surface area contributed by atoms with Crippen molar-refractivity contribution in [2.75, 3.05) is 0 Å². The van der Waals surface area contributed by atoms with Crippen molar-refractivity contribution in [3.63, 3.8) is 0 Å². The number of alkyl carbamates (subject to hydrolysis) is 1. The molecule has 1 heterocycles. The summed E-state index contributed by atoms with van der Waals surface area (Å²) in [5.74, 6) is -0.695. The molecule has 2 rings (SSSR count). The summed E-state index contributed by atoms with van der Waals surface area (Å²) in [5.41, 5.74) is -0.506. The van der Waals surface area contributed by atoms with Gasteiger partial charge < -0.3 is 15.2 Å². The normalized spacial score (nSPS) is 21.8. The van der Waals surface area contributed by atoms with Crippen LogP contribution in [0.1, 0.15) is 47.7 Å². The fourth-order valence-electron chi connectivity index (χ4n) is 1.79. The van der Waals surface area contributed by atoms with E-state index >= 15 is 0 Å². The molecule has 0 bridgehead atoms. The first-order valence-corrected chi connectivity index (χ1v) is 6.90. The van der Waals surface area contributed by atoms with Crippen LogP contribution in [-0.4, -0.2) is 28.8 Å². The zero-order valence-electron chi connectivity index (χ0n) is 11.1. The lowest BCUT2D eigenvalue weighted by Gasteiger charge is -2.19. The predicted molar refractivity (Wildman–Crippen MR) is 71.8 cm³/mol. The van der Waals surface area contributed by atoms with Crippen LogP contribution in [0.25, 0.3) is 0 Å².